The first kappa shape index (κ1) is 15.4. The molecule has 0 saturated heterocycles. The van der Waals surface area contributed by atoms with E-state index in [0.29, 0.717) is 6.42 Å². The largest absolute Gasteiger partial charge is 0.481 e. The van der Waals surface area contributed by atoms with Gasteiger partial charge in [0.05, 0.1) is 5.41 Å². The van der Waals surface area contributed by atoms with Crippen molar-refractivity contribution >= 4 is 12.0 Å². The van der Waals surface area contributed by atoms with Gasteiger partial charge in [-0.3, -0.25) is 4.79 Å². The summed E-state index contributed by atoms with van der Waals surface area (Å²) in [5.41, 5.74) is 0.168. The lowest BCUT2D eigenvalue weighted by atomic mass is 9.80. The Morgan fingerprint density at radius 2 is 1.79 bits per heavy atom. The molecule has 1 rings (SSSR count). The number of hydrogen-bond acceptors (Lipinski definition) is 1. The number of pyridine rings is 1. The van der Waals surface area contributed by atoms with E-state index < -0.39 is 11.4 Å². The highest BCUT2D eigenvalue weighted by molar-refractivity contribution is 5.73. The van der Waals surface area contributed by atoms with Crippen molar-refractivity contribution in [1.29, 1.82) is 0 Å². The number of aliphatic carboxylic acids is 1. The van der Waals surface area contributed by atoms with E-state index in [1.165, 1.54) is 0 Å². The molecule has 104 valence electrons. The molecular weight excluding hydrogens is 238 g/mol. The summed E-state index contributed by atoms with van der Waals surface area (Å²) in [6.07, 6.45) is 8.63. The fraction of sp³-hybridized carbons (Fsp3) is 0.500. The summed E-state index contributed by atoms with van der Waals surface area (Å²) < 4.78 is 2.07. The fourth-order valence-corrected chi connectivity index (χ4v) is 2.39. The van der Waals surface area contributed by atoms with Crippen molar-refractivity contribution in [2.45, 2.75) is 46.6 Å². The van der Waals surface area contributed by atoms with Gasteiger partial charge in [0.2, 0.25) is 0 Å². The van der Waals surface area contributed by atoms with Crippen molar-refractivity contribution in [2.75, 3.05) is 0 Å². The van der Waals surface area contributed by atoms with Gasteiger partial charge in [0, 0.05) is 32.4 Å². The van der Waals surface area contributed by atoms with E-state index in [4.69, 9.17) is 0 Å². The van der Waals surface area contributed by atoms with Gasteiger partial charge >= 0.3 is 5.97 Å². The maximum Gasteiger partial charge on any atom is 0.309 e. The van der Waals surface area contributed by atoms with E-state index in [2.05, 4.69) is 18.4 Å². The van der Waals surface area contributed by atoms with Gasteiger partial charge in [0.25, 0.3) is 0 Å². The third-order valence-electron chi connectivity index (χ3n) is 3.37. The van der Waals surface area contributed by atoms with Gasteiger partial charge in [-0.1, -0.05) is 12.2 Å². The molecule has 3 nitrogen and oxygen atoms in total. The van der Waals surface area contributed by atoms with E-state index in [-0.39, 0.29) is 5.54 Å². The lowest BCUT2D eigenvalue weighted by molar-refractivity contribution is -0.760. The van der Waals surface area contributed by atoms with Crippen LogP contribution in [0.4, 0.5) is 0 Å². The first-order chi connectivity index (χ1) is 8.69. The first-order valence-electron chi connectivity index (χ1n) is 6.57. The van der Waals surface area contributed by atoms with Crippen molar-refractivity contribution in [2.24, 2.45) is 5.41 Å². The molecule has 0 aliphatic rings. The highest BCUT2D eigenvalue weighted by Crippen LogP contribution is 2.29. The van der Waals surface area contributed by atoms with Gasteiger partial charge in [-0.25, -0.2) is 4.57 Å². The van der Waals surface area contributed by atoms with Crippen LogP contribution < -0.4 is 4.57 Å². The Morgan fingerprint density at radius 3 is 2.21 bits per heavy atom. The lowest BCUT2D eigenvalue weighted by Gasteiger charge is -2.27. The molecule has 0 aliphatic carbocycles. The Labute approximate surface area is 115 Å². The van der Waals surface area contributed by atoms with Gasteiger partial charge in [-0.15, -0.1) is 0 Å². The van der Waals surface area contributed by atoms with Crippen molar-refractivity contribution in [3.63, 3.8) is 0 Å². The Hall–Kier alpha value is -1.64. The van der Waals surface area contributed by atoms with Crippen LogP contribution in [0.5, 0.6) is 0 Å². The maximum atomic E-state index is 11.3. The van der Waals surface area contributed by atoms with Gasteiger partial charge in [-0.05, 0) is 26.3 Å². The molecule has 0 unspecified atom stereocenters. The molecule has 0 fully saturated rings. The Kier molecular flexibility index (Phi) is 4.51. The van der Waals surface area contributed by atoms with E-state index in [0.717, 1.165) is 5.56 Å². The number of carboxylic acids is 1. The molecule has 1 aromatic heterocycles. The van der Waals surface area contributed by atoms with Crippen LogP contribution in [0.2, 0.25) is 0 Å². The van der Waals surface area contributed by atoms with E-state index in [9.17, 15) is 9.90 Å². The maximum absolute atomic E-state index is 11.3. The average molecular weight is 262 g/mol. The predicted octanol–water partition coefficient (Wildman–Crippen LogP) is 3.24. The molecule has 1 heterocycles. The first-order valence-corrected chi connectivity index (χ1v) is 6.57. The van der Waals surface area contributed by atoms with E-state index >= 15 is 0 Å². The number of carboxylic acid groups (broad SMARTS) is 1. The number of carbonyl (C=O) groups is 1. The minimum Gasteiger partial charge on any atom is -0.481 e. The number of rotatable bonds is 5. The summed E-state index contributed by atoms with van der Waals surface area (Å²) in [7, 11) is 0. The van der Waals surface area contributed by atoms with Crippen molar-refractivity contribution in [3.05, 3.63) is 36.2 Å². The Bertz CT molecular complexity index is 470. The van der Waals surface area contributed by atoms with Crippen molar-refractivity contribution in [1.82, 2.24) is 0 Å². The van der Waals surface area contributed by atoms with Crippen molar-refractivity contribution in [3.8, 4) is 0 Å². The summed E-state index contributed by atoms with van der Waals surface area (Å²) in [4.78, 5) is 11.3. The summed E-state index contributed by atoms with van der Waals surface area (Å²) in [5.74, 6) is -0.758. The van der Waals surface area contributed by atoms with Crippen LogP contribution in [-0.2, 0) is 10.3 Å². The monoisotopic (exact) mass is 262 g/mol. The molecule has 0 spiro atoms. The smallest absolute Gasteiger partial charge is 0.309 e. The Morgan fingerprint density at radius 1 is 1.26 bits per heavy atom. The second-order valence-corrected chi connectivity index (χ2v) is 6.22. The van der Waals surface area contributed by atoms with Crippen LogP contribution in [0.25, 0.3) is 6.08 Å². The highest BCUT2D eigenvalue weighted by atomic mass is 16.4. The Balaban J connectivity index is 2.96. The molecular formula is C16H24NO2+. The number of allylic oxidation sites excluding steroid dienone is 1. The quantitative estimate of drug-likeness (QED) is 0.828. The summed E-state index contributed by atoms with van der Waals surface area (Å²) in [6, 6.07) is 4.07. The molecule has 0 aliphatic heterocycles. The van der Waals surface area contributed by atoms with Crippen molar-refractivity contribution < 1.29 is 14.5 Å². The normalized spacial score (nSPS) is 12.9. The van der Waals surface area contributed by atoms with Crippen LogP contribution >= 0.6 is 0 Å². The van der Waals surface area contributed by atoms with Crippen LogP contribution in [0, 0.1) is 5.41 Å². The zero-order chi connectivity index (χ0) is 14.7. The topological polar surface area (TPSA) is 41.2 Å². The van der Waals surface area contributed by atoms with Crippen LogP contribution in [0.15, 0.2) is 30.6 Å². The molecule has 0 atom stereocenters. The number of hydrogen-bond donors (Lipinski definition) is 1. The zero-order valence-corrected chi connectivity index (χ0v) is 12.5. The minimum atomic E-state index is -0.758. The molecule has 19 heavy (non-hydrogen) atoms. The third-order valence-corrected chi connectivity index (χ3v) is 3.37. The molecule has 0 saturated carbocycles. The van der Waals surface area contributed by atoms with Crippen LogP contribution in [-0.4, -0.2) is 11.1 Å². The number of nitrogens with zero attached hydrogens (tertiary/aromatic N) is 1. The standard InChI is InChI=1S/C16H23NO2/c1-6-7-13-8-10-17(11-9-13)16(4,5)12-15(2,3)14(18)19/h6-11H,12H2,1-5H3/p+1/b7-6+. The van der Waals surface area contributed by atoms with Crippen LogP contribution in [0.3, 0.4) is 0 Å². The molecule has 0 radical (unpaired) electrons. The lowest BCUT2D eigenvalue weighted by Crippen LogP contribution is -2.54. The molecule has 1 N–H and O–H groups in total. The van der Waals surface area contributed by atoms with Gasteiger partial charge < -0.3 is 5.11 Å². The minimum absolute atomic E-state index is 0.240. The van der Waals surface area contributed by atoms with Crippen LogP contribution in [0.1, 0.15) is 46.6 Å². The average Bonchev–Trinajstić information content (AvgIpc) is 2.28. The molecule has 0 aromatic carbocycles. The summed E-state index contributed by atoms with van der Waals surface area (Å²) in [5, 5.41) is 9.25. The molecule has 3 heteroatoms. The predicted molar refractivity (Wildman–Crippen MR) is 76.7 cm³/mol. The SMILES string of the molecule is C/C=C/c1cc[n+](C(C)(C)CC(C)(C)C(=O)O)cc1. The summed E-state index contributed by atoms with van der Waals surface area (Å²) >= 11 is 0. The summed E-state index contributed by atoms with van der Waals surface area (Å²) in [6.45, 7) is 9.65. The number of aromatic nitrogens is 1. The van der Waals surface area contributed by atoms with E-state index in [1.54, 1.807) is 13.8 Å². The van der Waals surface area contributed by atoms with E-state index in [1.807, 2.05) is 43.6 Å². The fourth-order valence-electron chi connectivity index (χ4n) is 2.39. The van der Waals surface area contributed by atoms with Gasteiger partial charge in [0.15, 0.2) is 17.9 Å². The second kappa shape index (κ2) is 5.55. The molecule has 1 aromatic rings. The molecule has 0 amide bonds. The third kappa shape index (κ3) is 3.91. The second-order valence-electron chi connectivity index (χ2n) is 6.22. The van der Waals surface area contributed by atoms with Gasteiger partial charge in [0.1, 0.15) is 0 Å². The highest BCUT2D eigenvalue weighted by Gasteiger charge is 2.39. The molecule has 0 bridgehead atoms. The zero-order valence-electron chi connectivity index (χ0n) is 12.5. The van der Waals surface area contributed by atoms with Gasteiger partial charge in [-0.2, -0.15) is 0 Å².